The molecule has 108 valence electrons. The van der Waals surface area contributed by atoms with Crippen molar-refractivity contribution in [3.63, 3.8) is 0 Å². The van der Waals surface area contributed by atoms with Crippen LogP contribution in [0.4, 0.5) is 0 Å². The largest absolute Gasteiger partial charge is 0.496 e. The van der Waals surface area contributed by atoms with Crippen LogP contribution in [0.25, 0.3) is 0 Å². The highest BCUT2D eigenvalue weighted by atomic mass is 16.5. The number of para-hydroxylation sites is 1. The molecule has 0 spiro atoms. The highest BCUT2D eigenvalue weighted by Crippen LogP contribution is 2.19. The van der Waals surface area contributed by atoms with Gasteiger partial charge in [0, 0.05) is 12.6 Å². The van der Waals surface area contributed by atoms with E-state index in [1.54, 1.807) is 7.11 Å². The zero-order chi connectivity index (χ0) is 15.1. The second-order valence-corrected chi connectivity index (χ2v) is 5.07. The molecular weight excluding hydrogens is 260 g/mol. The van der Waals surface area contributed by atoms with Crippen LogP contribution in [0.1, 0.15) is 23.6 Å². The standard InChI is InChI=1S/C18H20N2O/c1-14(11-15-7-5-6-10-18(15)21-2)20-13-17-9-4-3-8-16(17)12-19/h3-10,14,20H,11,13H2,1-2H3. The molecule has 2 rings (SSSR count). The molecule has 0 aliphatic carbocycles. The predicted octanol–water partition coefficient (Wildman–Crippen LogP) is 3.29. The van der Waals surface area contributed by atoms with Crippen molar-refractivity contribution in [2.75, 3.05) is 7.11 Å². The van der Waals surface area contributed by atoms with Crippen molar-refractivity contribution in [3.8, 4) is 11.8 Å². The van der Waals surface area contributed by atoms with Gasteiger partial charge in [0.05, 0.1) is 18.7 Å². The molecule has 1 N–H and O–H groups in total. The van der Waals surface area contributed by atoms with Crippen LogP contribution in [0.5, 0.6) is 5.75 Å². The van der Waals surface area contributed by atoms with Crippen LogP contribution >= 0.6 is 0 Å². The Morgan fingerprint density at radius 2 is 1.76 bits per heavy atom. The van der Waals surface area contributed by atoms with E-state index in [9.17, 15) is 0 Å². The van der Waals surface area contributed by atoms with E-state index >= 15 is 0 Å². The summed E-state index contributed by atoms with van der Waals surface area (Å²) >= 11 is 0. The van der Waals surface area contributed by atoms with Gasteiger partial charge < -0.3 is 10.1 Å². The monoisotopic (exact) mass is 280 g/mol. The van der Waals surface area contributed by atoms with Crippen molar-refractivity contribution < 1.29 is 4.74 Å². The molecule has 0 fully saturated rings. The fourth-order valence-corrected chi connectivity index (χ4v) is 2.34. The van der Waals surface area contributed by atoms with Crippen LogP contribution in [0.2, 0.25) is 0 Å². The highest BCUT2D eigenvalue weighted by Gasteiger charge is 2.08. The Kier molecular flexibility index (Phi) is 5.36. The van der Waals surface area contributed by atoms with Gasteiger partial charge in [0.1, 0.15) is 5.75 Å². The summed E-state index contributed by atoms with van der Waals surface area (Å²) in [6.07, 6.45) is 0.888. The highest BCUT2D eigenvalue weighted by molar-refractivity contribution is 5.37. The van der Waals surface area contributed by atoms with Gasteiger partial charge in [-0.05, 0) is 36.6 Å². The van der Waals surface area contributed by atoms with Crippen molar-refractivity contribution in [2.45, 2.75) is 25.9 Å². The predicted molar refractivity (Wildman–Crippen MR) is 84.2 cm³/mol. The second kappa shape index (κ2) is 7.47. The Bertz CT molecular complexity index is 631. The number of nitrogens with one attached hydrogen (secondary N) is 1. The maximum Gasteiger partial charge on any atom is 0.122 e. The maximum atomic E-state index is 9.09. The van der Waals surface area contributed by atoms with Crippen LogP contribution in [0.15, 0.2) is 48.5 Å². The van der Waals surface area contributed by atoms with E-state index in [1.807, 2.05) is 42.5 Å². The molecule has 0 aromatic heterocycles. The van der Waals surface area contributed by atoms with E-state index in [0.29, 0.717) is 12.6 Å². The van der Waals surface area contributed by atoms with Crippen molar-refractivity contribution >= 4 is 0 Å². The van der Waals surface area contributed by atoms with Crippen LogP contribution in [-0.4, -0.2) is 13.2 Å². The van der Waals surface area contributed by atoms with E-state index in [1.165, 1.54) is 5.56 Å². The molecule has 0 aliphatic rings. The number of hydrogen-bond donors (Lipinski definition) is 1. The van der Waals surface area contributed by atoms with Crippen molar-refractivity contribution in [3.05, 3.63) is 65.2 Å². The third-order valence-electron chi connectivity index (χ3n) is 3.50. The lowest BCUT2D eigenvalue weighted by Gasteiger charge is -2.16. The van der Waals surface area contributed by atoms with E-state index in [4.69, 9.17) is 10.00 Å². The van der Waals surface area contributed by atoms with Gasteiger partial charge in [-0.1, -0.05) is 36.4 Å². The minimum absolute atomic E-state index is 0.299. The van der Waals surface area contributed by atoms with Gasteiger partial charge in [0.15, 0.2) is 0 Å². The number of nitrogens with zero attached hydrogens (tertiary/aromatic N) is 1. The molecule has 2 aromatic rings. The molecule has 3 heteroatoms. The van der Waals surface area contributed by atoms with Gasteiger partial charge in [-0.2, -0.15) is 5.26 Å². The summed E-state index contributed by atoms with van der Waals surface area (Å²) in [6, 6.07) is 18.3. The SMILES string of the molecule is COc1ccccc1CC(C)NCc1ccccc1C#N. The molecule has 1 atom stereocenters. The summed E-state index contributed by atoms with van der Waals surface area (Å²) in [6.45, 7) is 2.83. The first-order chi connectivity index (χ1) is 10.2. The Morgan fingerprint density at radius 1 is 1.10 bits per heavy atom. The van der Waals surface area contributed by atoms with Gasteiger partial charge in [0.2, 0.25) is 0 Å². The van der Waals surface area contributed by atoms with Gasteiger partial charge in [-0.15, -0.1) is 0 Å². The molecule has 0 radical (unpaired) electrons. The Morgan fingerprint density at radius 3 is 2.48 bits per heavy atom. The number of methoxy groups -OCH3 is 1. The average molecular weight is 280 g/mol. The topological polar surface area (TPSA) is 45.0 Å². The normalized spacial score (nSPS) is 11.7. The quantitative estimate of drug-likeness (QED) is 0.883. The number of nitriles is 1. The minimum atomic E-state index is 0.299. The molecule has 21 heavy (non-hydrogen) atoms. The number of hydrogen-bond acceptors (Lipinski definition) is 3. The second-order valence-electron chi connectivity index (χ2n) is 5.07. The molecule has 0 aliphatic heterocycles. The summed E-state index contributed by atoms with van der Waals surface area (Å²) in [5, 5.41) is 12.6. The zero-order valence-electron chi connectivity index (χ0n) is 12.5. The van der Waals surface area contributed by atoms with E-state index in [-0.39, 0.29) is 0 Å². The Labute approximate surface area is 126 Å². The van der Waals surface area contributed by atoms with Crippen molar-refractivity contribution in [1.82, 2.24) is 5.32 Å². The maximum absolute atomic E-state index is 9.09. The summed E-state index contributed by atoms with van der Waals surface area (Å²) in [7, 11) is 1.69. The third kappa shape index (κ3) is 4.08. The number of rotatable bonds is 6. The molecule has 0 saturated heterocycles. The first-order valence-electron chi connectivity index (χ1n) is 7.08. The fraction of sp³-hybridized carbons (Fsp3) is 0.278. The smallest absolute Gasteiger partial charge is 0.122 e. The number of ether oxygens (including phenoxy) is 1. The van der Waals surface area contributed by atoms with E-state index in [0.717, 1.165) is 23.3 Å². The van der Waals surface area contributed by atoms with Gasteiger partial charge >= 0.3 is 0 Å². The molecular formula is C18H20N2O. The third-order valence-corrected chi connectivity index (χ3v) is 3.50. The van der Waals surface area contributed by atoms with Crippen LogP contribution < -0.4 is 10.1 Å². The lowest BCUT2D eigenvalue weighted by Crippen LogP contribution is -2.28. The lowest BCUT2D eigenvalue weighted by atomic mass is 10.0. The van der Waals surface area contributed by atoms with Gasteiger partial charge in [-0.25, -0.2) is 0 Å². The Hall–Kier alpha value is -2.31. The van der Waals surface area contributed by atoms with Gasteiger partial charge in [0.25, 0.3) is 0 Å². The summed E-state index contributed by atoms with van der Waals surface area (Å²) in [4.78, 5) is 0. The van der Waals surface area contributed by atoms with Crippen molar-refractivity contribution in [2.24, 2.45) is 0 Å². The molecule has 0 amide bonds. The molecule has 2 aromatic carbocycles. The molecule has 0 heterocycles. The first-order valence-corrected chi connectivity index (χ1v) is 7.08. The molecule has 0 bridgehead atoms. The van der Waals surface area contributed by atoms with Crippen molar-refractivity contribution in [1.29, 1.82) is 5.26 Å². The molecule has 0 saturated carbocycles. The van der Waals surface area contributed by atoms with Gasteiger partial charge in [-0.3, -0.25) is 0 Å². The lowest BCUT2D eigenvalue weighted by molar-refractivity contribution is 0.406. The van der Waals surface area contributed by atoms with Crippen LogP contribution in [0.3, 0.4) is 0 Å². The molecule has 3 nitrogen and oxygen atoms in total. The van der Waals surface area contributed by atoms with Crippen LogP contribution in [-0.2, 0) is 13.0 Å². The van der Waals surface area contributed by atoms with Crippen LogP contribution in [0, 0.1) is 11.3 Å². The zero-order valence-corrected chi connectivity index (χ0v) is 12.5. The number of benzene rings is 2. The minimum Gasteiger partial charge on any atom is -0.496 e. The molecule has 1 unspecified atom stereocenters. The average Bonchev–Trinajstić information content (AvgIpc) is 2.53. The van der Waals surface area contributed by atoms with E-state index < -0.39 is 0 Å². The summed E-state index contributed by atoms with van der Waals surface area (Å²) < 4.78 is 5.37. The fourth-order valence-electron chi connectivity index (χ4n) is 2.34. The Balaban J connectivity index is 1.96. The first kappa shape index (κ1) is 15.1. The summed E-state index contributed by atoms with van der Waals surface area (Å²) in [5.41, 5.74) is 2.95. The van der Waals surface area contributed by atoms with E-state index in [2.05, 4.69) is 24.4 Å². The summed E-state index contributed by atoms with van der Waals surface area (Å²) in [5.74, 6) is 0.920.